The summed E-state index contributed by atoms with van der Waals surface area (Å²) in [7, 11) is 1.67. The lowest BCUT2D eigenvalue weighted by atomic mass is 10.0. The second-order valence-corrected chi connectivity index (χ2v) is 5.09. The van der Waals surface area contributed by atoms with Gasteiger partial charge in [0.15, 0.2) is 0 Å². The van der Waals surface area contributed by atoms with Crippen molar-refractivity contribution in [3.05, 3.63) is 58.9 Å². The summed E-state index contributed by atoms with van der Waals surface area (Å²) in [6, 6.07) is 10.0. The van der Waals surface area contributed by atoms with Crippen LogP contribution in [-0.2, 0) is 12.8 Å². The van der Waals surface area contributed by atoms with Gasteiger partial charge in [0.2, 0.25) is 0 Å². The standard InChI is InChI=1S/C17H21NO2/c1-12-11-18-16(13(2)17(12)20-3)10-15(19)9-14-7-5-4-6-8-14/h4-8,11,15,19H,9-10H2,1-3H3. The molecule has 0 spiro atoms. The third-order valence-electron chi connectivity index (χ3n) is 3.49. The molecule has 3 heteroatoms. The third kappa shape index (κ3) is 3.36. The van der Waals surface area contributed by atoms with Gasteiger partial charge in [-0.1, -0.05) is 30.3 Å². The van der Waals surface area contributed by atoms with Crippen LogP contribution in [-0.4, -0.2) is 23.3 Å². The van der Waals surface area contributed by atoms with Crippen molar-refractivity contribution in [2.45, 2.75) is 32.8 Å². The van der Waals surface area contributed by atoms with Gasteiger partial charge in [0.05, 0.1) is 13.2 Å². The number of rotatable bonds is 5. The molecule has 0 saturated heterocycles. The van der Waals surface area contributed by atoms with Gasteiger partial charge in [-0.05, 0) is 25.8 Å². The van der Waals surface area contributed by atoms with Crippen LogP contribution in [0.5, 0.6) is 5.75 Å². The van der Waals surface area contributed by atoms with Crippen molar-refractivity contribution >= 4 is 0 Å². The molecule has 0 saturated carbocycles. The lowest BCUT2D eigenvalue weighted by Crippen LogP contribution is -2.16. The Morgan fingerprint density at radius 1 is 1.15 bits per heavy atom. The molecule has 1 N–H and O–H groups in total. The molecule has 1 aromatic carbocycles. The Balaban J connectivity index is 2.10. The molecule has 0 radical (unpaired) electrons. The molecule has 20 heavy (non-hydrogen) atoms. The molecular weight excluding hydrogens is 250 g/mol. The highest BCUT2D eigenvalue weighted by Crippen LogP contribution is 2.25. The van der Waals surface area contributed by atoms with Gasteiger partial charge in [-0.15, -0.1) is 0 Å². The normalized spacial score (nSPS) is 12.2. The van der Waals surface area contributed by atoms with Crippen molar-refractivity contribution < 1.29 is 9.84 Å². The molecule has 0 aliphatic carbocycles. The average molecular weight is 271 g/mol. The molecule has 0 bridgehead atoms. The summed E-state index contributed by atoms with van der Waals surface area (Å²) >= 11 is 0. The summed E-state index contributed by atoms with van der Waals surface area (Å²) in [6.07, 6.45) is 2.54. The first kappa shape index (κ1) is 14.5. The van der Waals surface area contributed by atoms with Crippen LogP contribution in [0.3, 0.4) is 0 Å². The Morgan fingerprint density at radius 3 is 2.50 bits per heavy atom. The van der Waals surface area contributed by atoms with Crippen LogP contribution >= 0.6 is 0 Å². The first-order valence-corrected chi connectivity index (χ1v) is 6.83. The van der Waals surface area contributed by atoms with Crippen molar-refractivity contribution in [1.29, 1.82) is 0 Å². The van der Waals surface area contributed by atoms with Crippen LogP contribution in [0.2, 0.25) is 0 Å². The van der Waals surface area contributed by atoms with Gasteiger partial charge < -0.3 is 9.84 Å². The number of hydrogen-bond acceptors (Lipinski definition) is 3. The maximum absolute atomic E-state index is 10.2. The SMILES string of the molecule is COc1c(C)cnc(CC(O)Cc2ccccc2)c1C. The van der Waals surface area contributed by atoms with Gasteiger partial charge in [-0.3, -0.25) is 4.98 Å². The molecule has 0 aliphatic rings. The Labute approximate surface area is 120 Å². The summed E-state index contributed by atoms with van der Waals surface area (Å²) < 4.78 is 5.39. The maximum Gasteiger partial charge on any atom is 0.128 e. The zero-order valence-electron chi connectivity index (χ0n) is 12.3. The number of benzene rings is 1. The van der Waals surface area contributed by atoms with E-state index in [-0.39, 0.29) is 0 Å². The molecule has 0 fully saturated rings. The Hall–Kier alpha value is -1.87. The minimum Gasteiger partial charge on any atom is -0.496 e. The fourth-order valence-corrected chi connectivity index (χ4v) is 2.46. The fourth-order valence-electron chi connectivity index (χ4n) is 2.46. The zero-order chi connectivity index (χ0) is 14.5. The largest absolute Gasteiger partial charge is 0.496 e. The third-order valence-corrected chi connectivity index (χ3v) is 3.49. The van der Waals surface area contributed by atoms with Crippen molar-refractivity contribution in [3.63, 3.8) is 0 Å². The first-order chi connectivity index (χ1) is 9.61. The molecule has 1 atom stereocenters. The highest BCUT2D eigenvalue weighted by molar-refractivity contribution is 5.41. The maximum atomic E-state index is 10.2. The fraction of sp³-hybridized carbons (Fsp3) is 0.353. The van der Waals surface area contributed by atoms with Crippen molar-refractivity contribution in [3.8, 4) is 5.75 Å². The van der Waals surface area contributed by atoms with Crippen LogP contribution in [0.25, 0.3) is 0 Å². The number of aliphatic hydroxyl groups is 1. The minimum absolute atomic E-state index is 0.434. The van der Waals surface area contributed by atoms with Crippen LogP contribution in [0, 0.1) is 13.8 Å². The minimum atomic E-state index is -0.434. The number of aromatic nitrogens is 1. The van der Waals surface area contributed by atoms with Crippen LogP contribution in [0.15, 0.2) is 36.5 Å². The molecule has 1 aromatic heterocycles. The van der Waals surface area contributed by atoms with Gasteiger partial charge in [-0.2, -0.15) is 0 Å². The monoisotopic (exact) mass is 271 g/mol. The van der Waals surface area contributed by atoms with Crippen molar-refractivity contribution in [1.82, 2.24) is 4.98 Å². The van der Waals surface area contributed by atoms with Gasteiger partial charge in [0.25, 0.3) is 0 Å². The van der Waals surface area contributed by atoms with E-state index in [9.17, 15) is 5.11 Å². The van der Waals surface area contributed by atoms with Gasteiger partial charge in [0, 0.05) is 29.4 Å². The molecule has 3 nitrogen and oxygen atoms in total. The summed E-state index contributed by atoms with van der Waals surface area (Å²) in [6.45, 7) is 3.96. The first-order valence-electron chi connectivity index (χ1n) is 6.83. The predicted octanol–water partition coefficient (Wildman–Crippen LogP) is 2.85. The smallest absolute Gasteiger partial charge is 0.128 e. The molecule has 106 valence electrons. The Morgan fingerprint density at radius 2 is 1.85 bits per heavy atom. The van der Waals surface area contributed by atoms with Gasteiger partial charge in [0.1, 0.15) is 5.75 Å². The molecule has 0 aliphatic heterocycles. The number of hydrogen-bond donors (Lipinski definition) is 1. The van der Waals surface area contributed by atoms with Crippen LogP contribution in [0.4, 0.5) is 0 Å². The number of aliphatic hydroxyl groups excluding tert-OH is 1. The summed E-state index contributed by atoms with van der Waals surface area (Å²) in [4.78, 5) is 4.43. The quantitative estimate of drug-likeness (QED) is 0.909. The van der Waals surface area contributed by atoms with E-state index in [1.54, 1.807) is 13.3 Å². The highest BCUT2D eigenvalue weighted by Gasteiger charge is 2.13. The molecule has 2 rings (SSSR count). The molecular formula is C17H21NO2. The van der Waals surface area contributed by atoms with E-state index in [4.69, 9.17) is 4.74 Å². The van der Waals surface area contributed by atoms with Crippen LogP contribution < -0.4 is 4.74 Å². The van der Waals surface area contributed by atoms with E-state index in [1.165, 1.54) is 0 Å². The predicted molar refractivity (Wildman–Crippen MR) is 80.1 cm³/mol. The topological polar surface area (TPSA) is 42.4 Å². The van der Waals surface area contributed by atoms with E-state index >= 15 is 0 Å². The van der Waals surface area contributed by atoms with E-state index in [1.807, 2.05) is 44.2 Å². The Bertz CT molecular complexity index is 567. The molecule has 0 amide bonds. The van der Waals surface area contributed by atoms with Crippen molar-refractivity contribution in [2.24, 2.45) is 0 Å². The molecule has 1 unspecified atom stereocenters. The lowest BCUT2D eigenvalue weighted by Gasteiger charge is -2.15. The van der Waals surface area contributed by atoms with E-state index in [0.717, 1.165) is 28.1 Å². The molecule has 2 aromatic rings. The summed E-state index contributed by atoms with van der Waals surface area (Å²) in [5.74, 6) is 0.863. The second kappa shape index (κ2) is 6.53. The van der Waals surface area contributed by atoms with Crippen molar-refractivity contribution in [2.75, 3.05) is 7.11 Å². The van der Waals surface area contributed by atoms with Crippen LogP contribution in [0.1, 0.15) is 22.4 Å². The van der Waals surface area contributed by atoms with E-state index < -0.39 is 6.10 Å². The lowest BCUT2D eigenvalue weighted by molar-refractivity contribution is 0.174. The number of methoxy groups -OCH3 is 1. The molecule has 1 heterocycles. The second-order valence-electron chi connectivity index (χ2n) is 5.09. The van der Waals surface area contributed by atoms with E-state index in [0.29, 0.717) is 12.8 Å². The zero-order valence-corrected chi connectivity index (χ0v) is 12.3. The number of aryl methyl sites for hydroxylation is 1. The number of ether oxygens (including phenoxy) is 1. The summed E-state index contributed by atoms with van der Waals surface area (Å²) in [5, 5.41) is 10.2. The van der Waals surface area contributed by atoms with Gasteiger partial charge >= 0.3 is 0 Å². The number of nitrogens with zero attached hydrogens (tertiary/aromatic N) is 1. The van der Waals surface area contributed by atoms with Gasteiger partial charge in [-0.25, -0.2) is 0 Å². The highest BCUT2D eigenvalue weighted by atomic mass is 16.5. The van der Waals surface area contributed by atoms with E-state index in [2.05, 4.69) is 4.98 Å². The summed E-state index contributed by atoms with van der Waals surface area (Å²) in [5.41, 5.74) is 4.07. The average Bonchev–Trinajstić information content (AvgIpc) is 2.44. The Kier molecular flexibility index (Phi) is 4.74. The number of pyridine rings is 1.